The summed E-state index contributed by atoms with van der Waals surface area (Å²) in [6.07, 6.45) is 1.71. The largest absolute Gasteiger partial charge is 0.463 e. The summed E-state index contributed by atoms with van der Waals surface area (Å²) in [6.45, 7) is 3.82. The van der Waals surface area contributed by atoms with Crippen LogP contribution in [-0.2, 0) is 16.1 Å². The molecule has 9 heteroatoms. The number of furan rings is 1. The van der Waals surface area contributed by atoms with Crippen LogP contribution in [0.4, 0.5) is 4.79 Å². The number of carbonyl (C=O) groups excluding carboxylic acids is 3. The van der Waals surface area contributed by atoms with Crippen LogP contribution in [0.2, 0.25) is 5.02 Å². The molecule has 4 rings (SSSR count). The van der Waals surface area contributed by atoms with E-state index >= 15 is 0 Å². The van der Waals surface area contributed by atoms with E-state index in [0.717, 1.165) is 39.3 Å². The first-order valence-electron chi connectivity index (χ1n) is 9.66. The number of rotatable bonds is 5. The number of amides is 2. The normalized spacial score (nSPS) is 15.1. The van der Waals surface area contributed by atoms with Crippen molar-refractivity contribution in [1.82, 2.24) is 9.47 Å². The van der Waals surface area contributed by atoms with E-state index in [4.69, 9.17) is 16.0 Å². The van der Waals surface area contributed by atoms with Gasteiger partial charge in [0, 0.05) is 11.4 Å². The lowest BCUT2D eigenvalue weighted by Gasteiger charge is -2.11. The molecule has 0 unspecified atom stereocenters. The van der Waals surface area contributed by atoms with Gasteiger partial charge < -0.3 is 13.7 Å². The molecule has 0 atom stereocenters. The maximum absolute atomic E-state index is 12.9. The van der Waals surface area contributed by atoms with Crippen molar-refractivity contribution in [3.63, 3.8) is 0 Å². The highest BCUT2D eigenvalue weighted by molar-refractivity contribution is 8.18. The number of para-hydroxylation sites is 1. The Bertz CT molecular complexity index is 1270. The lowest BCUT2D eigenvalue weighted by Crippen LogP contribution is -2.27. The third-order valence-electron chi connectivity index (χ3n) is 5.09. The lowest BCUT2D eigenvalue weighted by molar-refractivity contribution is -0.123. The predicted octanol–water partition coefficient (Wildman–Crippen LogP) is 5.36. The lowest BCUT2D eigenvalue weighted by atomic mass is 10.2. The van der Waals surface area contributed by atoms with Gasteiger partial charge in [-0.05, 0) is 67.6 Å². The predicted molar refractivity (Wildman–Crippen MR) is 122 cm³/mol. The van der Waals surface area contributed by atoms with Gasteiger partial charge in [0.05, 0.1) is 29.3 Å². The Morgan fingerprint density at radius 1 is 1.19 bits per heavy atom. The minimum atomic E-state index is -0.626. The summed E-state index contributed by atoms with van der Waals surface area (Å²) < 4.78 is 12.0. The number of thioether (sulfide) groups is 1. The Morgan fingerprint density at radius 3 is 2.66 bits per heavy atom. The van der Waals surface area contributed by atoms with E-state index in [2.05, 4.69) is 4.74 Å². The van der Waals surface area contributed by atoms with Crippen molar-refractivity contribution < 1.29 is 23.5 Å². The highest BCUT2D eigenvalue weighted by Gasteiger charge is 2.36. The summed E-state index contributed by atoms with van der Waals surface area (Å²) in [5.74, 6) is -0.722. The molecule has 0 saturated carbocycles. The molecular formula is C23H19ClN2O5S. The van der Waals surface area contributed by atoms with E-state index in [1.165, 1.54) is 19.2 Å². The number of halogens is 1. The number of benzene rings is 1. The minimum Gasteiger partial charge on any atom is -0.463 e. The Kier molecular flexibility index (Phi) is 5.99. The number of methoxy groups -OCH3 is 1. The fourth-order valence-electron chi connectivity index (χ4n) is 3.54. The van der Waals surface area contributed by atoms with Crippen LogP contribution in [0.1, 0.15) is 33.3 Å². The molecule has 0 aliphatic carbocycles. The smallest absolute Gasteiger partial charge is 0.373 e. The number of carbonyl (C=O) groups is 3. The molecule has 2 amide bonds. The molecule has 0 bridgehead atoms. The average molecular weight is 471 g/mol. The van der Waals surface area contributed by atoms with Crippen molar-refractivity contribution >= 4 is 46.6 Å². The van der Waals surface area contributed by atoms with Gasteiger partial charge in [-0.1, -0.05) is 23.7 Å². The third-order valence-corrected chi connectivity index (χ3v) is 6.31. The Balaban J connectivity index is 1.60. The number of imide groups is 1. The molecule has 32 heavy (non-hydrogen) atoms. The summed E-state index contributed by atoms with van der Waals surface area (Å²) in [7, 11) is 1.24. The Hall–Kier alpha value is -3.23. The molecule has 1 fully saturated rings. The summed E-state index contributed by atoms with van der Waals surface area (Å²) in [5.41, 5.74) is 3.51. The molecule has 2 aromatic heterocycles. The number of hydrogen-bond acceptors (Lipinski definition) is 6. The second-order valence-electron chi connectivity index (χ2n) is 7.14. The van der Waals surface area contributed by atoms with Crippen molar-refractivity contribution in [1.29, 1.82) is 0 Å². The van der Waals surface area contributed by atoms with Gasteiger partial charge in [0.1, 0.15) is 5.76 Å². The molecule has 7 nitrogen and oxygen atoms in total. The maximum atomic E-state index is 12.9. The van der Waals surface area contributed by atoms with Gasteiger partial charge >= 0.3 is 5.97 Å². The molecule has 1 aliphatic rings. The third kappa shape index (κ3) is 3.99. The van der Waals surface area contributed by atoms with Crippen LogP contribution in [0, 0.1) is 13.8 Å². The van der Waals surface area contributed by atoms with E-state index in [9.17, 15) is 14.4 Å². The van der Waals surface area contributed by atoms with Crippen LogP contribution in [0.5, 0.6) is 0 Å². The first kappa shape index (κ1) is 22.0. The SMILES string of the molecule is COC(=O)c1ccc(CN2C(=O)SC(=Cc3cc(C)n(-c4ccccc4Cl)c3C)C2=O)o1. The first-order chi connectivity index (χ1) is 15.3. The van der Waals surface area contributed by atoms with Crippen LogP contribution in [0.15, 0.2) is 51.8 Å². The fraction of sp³-hybridized carbons (Fsp3) is 0.174. The molecule has 1 aromatic carbocycles. The van der Waals surface area contributed by atoms with Gasteiger partial charge in [-0.2, -0.15) is 0 Å². The van der Waals surface area contributed by atoms with Crippen molar-refractivity contribution in [3.05, 3.63) is 80.9 Å². The van der Waals surface area contributed by atoms with Gasteiger partial charge in [-0.3, -0.25) is 14.5 Å². The van der Waals surface area contributed by atoms with E-state index in [0.29, 0.717) is 15.7 Å². The van der Waals surface area contributed by atoms with Crippen molar-refractivity contribution in [2.45, 2.75) is 20.4 Å². The topological polar surface area (TPSA) is 81.8 Å². The van der Waals surface area contributed by atoms with Gasteiger partial charge in [0.15, 0.2) is 0 Å². The zero-order valence-electron chi connectivity index (χ0n) is 17.5. The van der Waals surface area contributed by atoms with Crippen molar-refractivity contribution in [2.75, 3.05) is 7.11 Å². The highest BCUT2D eigenvalue weighted by Crippen LogP contribution is 2.35. The van der Waals surface area contributed by atoms with E-state index < -0.39 is 17.1 Å². The molecule has 1 aliphatic heterocycles. The fourth-order valence-corrected chi connectivity index (χ4v) is 4.59. The van der Waals surface area contributed by atoms with E-state index in [1.807, 2.05) is 48.7 Å². The molecule has 164 valence electrons. The quantitative estimate of drug-likeness (QED) is 0.368. The molecule has 0 radical (unpaired) electrons. The van der Waals surface area contributed by atoms with Crippen LogP contribution >= 0.6 is 23.4 Å². The van der Waals surface area contributed by atoms with Gasteiger partial charge in [0.2, 0.25) is 5.76 Å². The number of esters is 1. The average Bonchev–Trinajstić information content (AvgIpc) is 3.42. The van der Waals surface area contributed by atoms with Gasteiger partial charge in [-0.15, -0.1) is 0 Å². The van der Waals surface area contributed by atoms with Crippen LogP contribution in [0.3, 0.4) is 0 Å². The standard InChI is InChI=1S/C23H19ClN2O5S/c1-13-10-15(14(2)26(13)18-7-5-4-6-17(18)24)11-20-21(27)25(23(29)32-20)12-16-8-9-19(31-16)22(28)30-3/h4-11H,12H2,1-3H3. The number of aromatic nitrogens is 1. The molecule has 1 saturated heterocycles. The molecular weight excluding hydrogens is 452 g/mol. The maximum Gasteiger partial charge on any atom is 0.373 e. The van der Waals surface area contributed by atoms with Gasteiger partial charge in [-0.25, -0.2) is 4.79 Å². The van der Waals surface area contributed by atoms with Crippen molar-refractivity contribution in [3.8, 4) is 5.69 Å². The molecule has 0 N–H and O–H groups in total. The highest BCUT2D eigenvalue weighted by atomic mass is 35.5. The molecule has 3 aromatic rings. The van der Waals surface area contributed by atoms with E-state index in [-0.39, 0.29) is 12.3 Å². The monoisotopic (exact) mass is 470 g/mol. The van der Waals surface area contributed by atoms with Crippen LogP contribution in [0.25, 0.3) is 11.8 Å². The summed E-state index contributed by atoms with van der Waals surface area (Å²) >= 11 is 7.23. The summed E-state index contributed by atoms with van der Waals surface area (Å²) in [5, 5.41) is 0.211. The van der Waals surface area contributed by atoms with Crippen molar-refractivity contribution in [2.24, 2.45) is 0 Å². The zero-order chi connectivity index (χ0) is 23.0. The minimum absolute atomic E-state index is 0.0111. The Morgan fingerprint density at radius 2 is 1.94 bits per heavy atom. The Labute approximate surface area is 193 Å². The summed E-state index contributed by atoms with van der Waals surface area (Å²) in [6, 6.07) is 12.4. The van der Waals surface area contributed by atoms with Crippen LogP contribution < -0.4 is 0 Å². The van der Waals surface area contributed by atoms with Crippen LogP contribution in [-0.4, -0.2) is 33.7 Å². The number of ether oxygens (including phenoxy) is 1. The number of aryl methyl sites for hydroxylation is 1. The number of hydrogen-bond donors (Lipinski definition) is 0. The second-order valence-corrected chi connectivity index (χ2v) is 8.54. The zero-order valence-corrected chi connectivity index (χ0v) is 19.1. The first-order valence-corrected chi connectivity index (χ1v) is 10.9. The van der Waals surface area contributed by atoms with E-state index in [1.54, 1.807) is 6.08 Å². The molecule has 0 spiro atoms. The number of nitrogens with zero attached hydrogens (tertiary/aromatic N) is 2. The molecule has 3 heterocycles. The van der Waals surface area contributed by atoms with Gasteiger partial charge in [0.25, 0.3) is 11.1 Å². The second kappa shape index (κ2) is 8.72. The summed E-state index contributed by atoms with van der Waals surface area (Å²) in [4.78, 5) is 38.3.